The van der Waals surface area contributed by atoms with E-state index in [-0.39, 0.29) is 5.69 Å². The summed E-state index contributed by atoms with van der Waals surface area (Å²) in [6.07, 6.45) is 0. The quantitative estimate of drug-likeness (QED) is 0.147. The molecule has 0 fully saturated rings. The molecule has 8 heteroatoms. The van der Waals surface area contributed by atoms with Crippen LogP contribution in [0.1, 0.15) is 66.5 Å². The van der Waals surface area contributed by atoms with E-state index in [1.165, 1.54) is 11.6 Å². The van der Waals surface area contributed by atoms with Crippen LogP contribution in [0.25, 0.3) is 32.2 Å². The second-order valence-electron chi connectivity index (χ2n) is 8.03. The Balaban J connectivity index is 0. The second-order valence-corrected chi connectivity index (χ2v) is 8.03. The van der Waals surface area contributed by atoms with Gasteiger partial charge in [-0.2, -0.15) is 0 Å². The van der Waals surface area contributed by atoms with Gasteiger partial charge in [-0.15, -0.1) is 0 Å². The van der Waals surface area contributed by atoms with Crippen molar-refractivity contribution >= 4 is 23.0 Å². The van der Waals surface area contributed by atoms with Gasteiger partial charge >= 0.3 is 0 Å². The van der Waals surface area contributed by atoms with E-state index >= 15 is 0 Å². The smallest absolute Gasteiger partial charge is 0.272 e. The number of aromatic nitrogens is 2. The third-order valence-electron chi connectivity index (χ3n) is 5.90. The third kappa shape index (κ3) is 10.8. The SMILES string of the molecule is CC.CC.CC.CC.[C-]#[N+]c1ccc(-c2ccc(NC)c(C)c2)n1C.[C-]#[N+]c1ccc(-c2ccc([N+](=O)[O-])c(C)c2)n1C. The predicted molar refractivity (Wildman–Crippen MR) is 185 cm³/mol. The maximum atomic E-state index is 10.7. The summed E-state index contributed by atoms with van der Waals surface area (Å²) in [6, 6.07) is 18.6. The van der Waals surface area contributed by atoms with E-state index in [1.807, 2.05) is 92.3 Å². The Labute approximate surface area is 259 Å². The van der Waals surface area contributed by atoms with E-state index in [0.717, 1.165) is 28.2 Å². The minimum atomic E-state index is -0.394. The molecule has 0 saturated heterocycles. The third-order valence-corrected chi connectivity index (χ3v) is 5.90. The Morgan fingerprint density at radius 3 is 1.37 bits per heavy atom. The van der Waals surface area contributed by atoms with Crippen LogP contribution in [-0.4, -0.2) is 21.1 Å². The van der Waals surface area contributed by atoms with Crippen molar-refractivity contribution in [2.75, 3.05) is 12.4 Å². The first-order valence-corrected chi connectivity index (χ1v) is 14.8. The van der Waals surface area contributed by atoms with Crippen LogP contribution >= 0.6 is 0 Å². The predicted octanol–water partition coefficient (Wildman–Crippen LogP) is 11.2. The topological polar surface area (TPSA) is 73.8 Å². The number of hydrogen-bond acceptors (Lipinski definition) is 3. The molecular weight excluding hydrogens is 536 g/mol. The molecule has 0 bridgehead atoms. The van der Waals surface area contributed by atoms with Crippen molar-refractivity contribution in [3.05, 3.63) is 105 Å². The Hall–Kier alpha value is -4.82. The minimum Gasteiger partial charge on any atom is -0.388 e. The van der Waals surface area contributed by atoms with Gasteiger partial charge in [0.05, 0.1) is 19.0 Å². The average Bonchev–Trinajstić information content (AvgIpc) is 3.62. The van der Waals surface area contributed by atoms with Crippen molar-refractivity contribution in [2.24, 2.45) is 14.1 Å². The summed E-state index contributed by atoms with van der Waals surface area (Å²) in [5.74, 6) is 1.20. The molecule has 2 aromatic heterocycles. The van der Waals surface area contributed by atoms with E-state index in [0.29, 0.717) is 17.2 Å². The molecule has 0 radical (unpaired) electrons. The lowest BCUT2D eigenvalue weighted by Gasteiger charge is -2.07. The maximum absolute atomic E-state index is 10.7. The van der Waals surface area contributed by atoms with Gasteiger partial charge in [0.1, 0.15) is 11.4 Å². The molecule has 43 heavy (non-hydrogen) atoms. The van der Waals surface area contributed by atoms with Crippen LogP contribution in [0.15, 0.2) is 60.7 Å². The number of anilines is 1. The average molecular weight is 587 g/mol. The molecule has 0 unspecified atom stereocenters. The largest absolute Gasteiger partial charge is 0.388 e. The Bertz CT molecular complexity index is 1480. The summed E-state index contributed by atoms with van der Waals surface area (Å²) in [7, 11) is 5.64. The number of rotatable bonds is 4. The van der Waals surface area contributed by atoms with Crippen molar-refractivity contribution in [3.8, 4) is 22.5 Å². The number of nitrogens with one attached hydrogen (secondary N) is 1. The van der Waals surface area contributed by atoms with Crippen LogP contribution in [0.4, 0.5) is 23.0 Å². The van der Waals surface area contributed by atoms with E-state index in [1.54, 1.807) is 36.7 Å². The Morgan fingerprint density at radius 2 is 1.07 bits per heavy atom. The fraction of sp³-hybridized carbons (Fsp3) is 0.371. The first-order valence-electron chi connectivity index (χ1n) is 14.8. The number of nitrogens with zero attached hydrogens (tertiary/aromatic N) is 5. The molecule has 8 nitrogen and oxygen atoms in total. The van der Waals surface area contributed by atoms with Crippen molar-refractivity contribution in [1.29, 1.82) is 0 Å². The van der Waals surface area contributed by atoms with Crippen LogP contribution in [-0.2, 0) is 14.1 Å². The monoisotopic (exact) mass is 586 g/mol. The molecule has 2 aromatic carbocycles. The first-order chi connectivity index (χ1) is 20.7. The van der Waals surface area contributed by atoms with Gasteiger partial charge in [0.15, 0.2) is 0 Å². The van der Waals surface area contributed by atoms with Crippen molar-refractivity contribution in [3.63, 3.8) is 0 Å². The van der Waals surface area contributed by atoms with Crippen LogP contribution in [0.5, 0.6) is 0 Å². The van der Waals surface area contributed by atoms with Crippen molar-refractivity contribution in [1.82, 2.24) is 9.13 Å². The lowest BCUT2D eigenvalue weighted by Crippen LogP contribution is -1.94. The number of aryl methyl sites for hydroxylation is 2. The minimum absolute atomic E-state index is 0.110. The normalized spacial score (nSPS) is 8.72. The standard InChI is InChI=1S/C14H15N3.C13H11N3O2.4C2H6/c1-10-9-11(5-6-12(10)15-2)13-7-8-14(16-3)17(13)4;1-9-8-10(4-5-11(9)16(17)18)12-6-7-13(14-2)15(12)3;4*1-2/h5-9,15H,1-2,4H3;4-8H,1,3H3;4*1-2H3. The zero-order valence-electron chi connectivity index (χ0n) is 28.3. The highest BCUT2D eigenvalue weighted by atomic mass is 16.6. The fourth-order valence-electron chi connectivity index (χ4n) is 3.93. The van der Waals surface area contributed by atoms with Crippen molar-refractivity contribution in [2.45, 2.75) is 69.2 Å². The van der Waals surface area contributed by atoms with Gasteiger partial charge in [-0.3, -0.25) is 19.2 Å². The van der Waals surface area contributed by atoms with Crippen LogP contribution < -0.4 is 5.32 Å². The molecule has 0 aliphatic heterocycles. The molecule has 0 atom stereocenters. The van der Waals surface area contributed by atoms with E-state index in [9.17, 15) is 10.1 Å². The second kappa shape index (κ2) is 21.9. The van der Waals surface area contributed by atoms with Gasteiger partial charge in [-0.1, -0.05) is 68.5 Å². The van der Waals surface area contributed by atoms with Gasteiger partial charge in [-0.25, -0.2) is 0 Å². The molecule has 0 aliphatic carbocycles. The van der Waals surface area contributed by atoms with E-state index < -0.39 is 4.92 Å². The van der Waals surface area contributed by atoms with E-state index in [2.05, 4.69) is 40.1 Å². The molecule has 0 aliphatic rings. The number of nitro groups is 1. The Kier molecular flexibility index (Phi) is 20.5. The molecule has 0 spiro atoms. The number of benzene rings is 2. The van der Waals surface area contributed by atoms with Gasteiger partial charge in [0, 0.05) is 35.5 Å². The lowest BCUT2D eigenvalue weighted by molar-refractivity contribution is -0.385. The number of hydrogen-bond donors (Lipinski definition) is 1. The molecular formula is C35H50N6O2. The van der Waals surface area contributed by atoms with Gasteiger partial charge in [0.2, 0.25) is 11.6 Å². The summed E-state index contributed by atoms with van der Waals surface area (Å²) < 4.78 is 3.69. The maximum Gasteiger partial charge on any atom is 0.272 e. The van der Waals surface area contributed by atoms with Crippen LogP contribution in [0, 0.1) is 37.1 Å². The molecule has 2 heterocycles. The molecule has 4 rings (SSSR count). The highest BCUT2D eigenvalue weighted by Gasteiger charge is 2.14. The fourth-order valence-corrected chi connectivity index (χ4v) is 3.93. The molecule has 0 saturated carbocycles. The highest BCUT2D eigenvalue weighted by Crippen LogP contribution is 2.30. The number of nitro benzene ring substituents is 1. The first kappa shape index (κ1) is 40.3. The van der Waals surface area contributed by atoms with Crippen LogP contribution in [0.3, 0.4) is 0 Å². The zero-order chi connectivity index (χ0) is 33.7. The molecule has 4 aromatic rings. The van der Waals surface area contributed by atoms with E-state index in [4.69, 9.17) is 13.1 Å². The Morgan fingerprint density at radius 1 is 0.674 bits per heavy atom. The molecule has 1 N–H and O–H groups in total. The molecule has 0 amide bonds. The lowest BCUT2D eigenvalue weighted by atomic mass is 10.1. The summed E-state index contributed by atoms with van der Waals surface area (Å²) in [6.45, 7) is 33.9. The zero-order valence-corrected chi connectivity index (χ0v) is 28.3. The summed E-state index contributed by atoms with van der Waals surface area (Å²) in [5.41, 5.74) is 7.01. The van der Waals surface area contributed by atoms with Gasteiger partial charge in [-0.05, 0) is 74.0 Å². The van der Waals surface area contributed by atoms with Crippen LogP contribution in [0.2, 0.25) is 0 Å². The summed E-state index contributed by atoms with van der Waals surface area (Å²) >= 11 is 0. The molecule has 232 valence electrons. The summed E-state index contributed by atoms with van der Waals surface area (Å²) in [4.78, 5) is 17.2. The van der Waals surface area contributed by atoms with Gasteiger partial charge in [0.25, 0.3) is 5.69 Å². The van der Waals surface area contributed by atoms with Gasteiger partial charge < -0.3 is 15.0 Å². The highest BCUT2D eigenvalue weighted by molar-refractivity contribution is 5.69. The summed E-state index contributed by atoms with van der Waals surface area (Å²) in [5, 5.41) is 13.9. The van der Waals surface area contributed by atoms with Crippen molar-refractivity contribution < 1.29 is 4.92 Å².